The normalized spacial score (nSPS) is 16.9. The van der Waals surface area contributed by atoms with Gasteiger partial charge in [-0.1, -0.05) is 29.3 Å². The van der Waals surface area contributed by atoms with E-state index in [0.29, 0.717) is 30.8 Å². The summed E-state index contributed by atoms with van der Waals surface area (Å²) in [6.45, 7) is 2.05. The molecule has 0 bridgehead atoms. The Balaban J connectivity index is 1.70. The highest BCUT2D eigenvalue weighted by molar-refractivity contribution is 6.43. The minimum Gasteiger partial charge on any atom is -0.493 e. The number of hydrogen-bond acceptors (Lipinski definition) is 3. The summed E-state index contributed by atoms with van der Waals surface area (Å²) in [5.74, 6) is -0.758. The highest BCUT2D eigenvalue weighted by atomic mass is 35.5. The van der Waals surface area contributed by atoms with Crippen molar-refractivity contribution < 1.29 is 18.7 Å². The maximum Gasteiger partial charge on any atom is 0.253 e. The molecule has 1 heterocycles. The van der Waals surface area contributed by atoms with Gasteiger partial charge in [0.1, 0.15) is 17.6 Å². The van der Waals surface area contributed by atoms with Crippen molar-refractivity contribution in [1.82, 2.24) is 10.6 Å². The van der Waals surface area contributed by atoms with E-state index in [9.17, 15) is 14.0 Å². The van der Waals surface area contributed by atoms with Gasteiger partial charge in [-0.05, 0) is 50.1 Å². The molecule has 5 nitrogen and oxygen atoms in total. The van der Waals surface area contributed by atoms with Gasteiger partial charge in [0, 0.05) is 5.56 Å². The second-order valence-corrected chi connectivity index (χ2v) is 7.32. The molecular weight excluding hydrogens is 406 g/mol. The lowest BCUT2D eigenvalue weighted by Crippen LogP contribution is -2.45. The molecule has 3 rings (SSSR count). The van der Waals surface area contributed by atoms with Gasteiger partial charge < -0.3 is 15.4 Å². The van der Waals surface area contributed by atoms with Crippen molar-refractivity contribution in [2.45, 2.75) is 31.8 Å². The van der Waals surface area contributed by atoms with Crippen LogP contribution in [0.3, 0.4) is 0 Å². The largest absolute Gasteiger partial charge is 0.493 e. The molecule has 0 saturated heterocycles. The van der Waals surface area contributed by atoms with E-state index in [0.717, 1.165) is 0 Å². The number of fused-ring (bicyclic) bond motifs is 1. The van der Waals surface area contributed by atoms with Crippen molar-refractivity contribution in [3.05, 3.63) is 63.4 Å². The van der Waals surface area contributed by atoms with Crippen LogP contribution in [-0.2, 0) is 4.79 Å². The van der Waals surface area contributed by atoms with E-state index in [-0.39, 0.29) is 15.6 Å². The smallest absolute Gasteiger partial charge is 0.253 e. The Morgan fingerprint density at radius 3 is 2.82 bits per heavy atom. The van der Waals surface area contributed by atoms with Crippen LogP contribution in [0.5, 0.6) is 5.75 Å². The average Bonchev–Trinajstić information content (AvgIpc) is 2.85. The van der Waals surface area contributed by atoms with Gasteiger partial charge in [-0.3, -0.25) is 9.59 Å². The number of hydrogen-bond donors (Lipinski definition) is 2. The molecule has 1 aliphatic rings. The van der Waals surface area contributed by atoms with E-state index in [2.05, 4.69) is 10.6 Å². The number of carbonyl (C=O) groups is 2. The summed E-state index contributed by atoms with van der Waals surface area (Å²) in [6.07, 6.45) is 1.31. The quantitative estimate of drug-likeness (QED) is 0.769. The van der Waals surface area contributed by atoms with Gasteiger partial charge in [-0.15, -0.1) is 0 Å². The number of rotatable bonds is 4. The van der Waals surface area contributed by atoms with Crippen molar-refractivity contribution in [1.29, 1.82) is 0 Å². The predicted molar refractivity (Wildman–Crippen MR) is 105 cm³/mol. The first-order valence-electron chi connectivity index (χ1n) is 8.84. The van der Waals surface area contributed by atoms with Crippen LogP contribution < -0.4 is 15.4 Å². The molecular formula is C20H19Cl2FN2O3. The maximum absolute atomic E-state index is 13.7. The van der Waals surface area contributed by atoms with Crippen LogP contribution in [0.1, 0.15) is 41.7 Å². The van der Waals surface area contributed by atoms with Crippen LogP contribution >= 0.6 is 23.2 Å². The zero-order valence-electron chi connectivity index (χ0n) is 15.1. The molecule has 0 unspecified atom stereocenters. The fraction of sp³-hybridized carbons (Fsp3) is 0.300. The Morgan fingerprint density at radius 1 is 1.25 bits per heavy atom. The molecule has 28 heavy (non-hydrogen) atoms. The number of carbonyl (C=O) groups excluding carboxylic acids is 2. The van der Waals surface area contributed by atoms with Crippen LogP contribution in [0.15, 0.2) is 36.4 Å². The van der Waals surface area contributed by atoms with E-state index in [1.807, 2.05) is 0 Å². The van der Waals surface area contributed by atoms with Crippen LogP contribution in [0, 0.1) is 5.82 Å². The zero-order chi connectivity index (χ0) is 20.3. The first-order valence-corrected chi connectivity index (χ1v) is 9.60. The van der Waals surface area contributed by atoms with Gasteiger partial charge in [0.25, 0.3) is 5.91 Å². The molecule has 148 valence electrons. The number of halogens is 3. The lowest BCUT2D eigenvalue weighted by atomic mass is 10.0. The van der Waals surface area contributed by atoms with Crippen molar-refractivity contribution >= 4 is 35.0 Å². The minimum absolute atomic E-state index is 0.125. The monoisotopic (exact) mass is 424 g/mol. The van der Waals surface area contributed by atoms with Crippen LogP contribution in [0.4, 0.5) is 4.39 Å². The minimum atomic E-state index is -0.830. The van der Waals surface area contributed by atoms with E-state index >= 15 is 0 Å². The van der Waals surface area contributed by atoms with Gasteiger partial charge in [-0.25, -0.2) is 4.39 Å². The third-order valence-corrected chi connectivity index (χ3v) is 5.31. The van der Waals surface area contributed by atoms with Crippen molar-refractivity contribution in [2.75, 3.05) is 6.61 Å². The standard InChI is InChI=1S/C20H19Cl2FN2O3/c1-11(24-20(27)13-4-2-5-15(21)18(13)22)19(26)25-16-6-3-9-28-17-8-7-12(23)10-14(16)17/h2,4-5,7-8,10-11,16H,3,6,9H2,1H3,(H,24,27)(H,25,26)/t11-,16-/m0/s1. The fourth-order valence-electron chi connectivity index (χ4n) is 3.01. The van der Waals surface area contributed by atoms with E-state index in [4.69, 9.17) is 27.9 Å². The topological polar surface area (TPSA) is 67.4 Å². The molecule has 1 aliphatic heterocycles. The van der Waals surface area contributed by atoms with E-state index < -0.39 is 29.7 Å². The maximum atomic E-state index is 13.7. The Hall–Kier alpha value is -2.31. The highest BCUT2D eigenvalue weighted by Crippen LogP contribution is 2.32. The molecule has 8 heteroatoms. The summed E-state index contributed by atoms with van der Waals surface area (Å²) in [7, 11) is 0. The summed E-state index contributed by atoms with van der Waals surface area (Å²) in [5, 5.41) is 5.85. The van der Waals surface area contributed by atoms with Crippen molar-refractivity contribution in [3.63, 3.8) is 0 Å². The molecule has 2 N–H and O–H groups in total. The molecule has 0 aromatic heterocycles. The fourth-order valence-corrected chi connectivity index (χ4v) is 3.40. The first kappa shape index (κ1) is 20.4. The SMILES string of the molecule is C[C@H](NC(=O)c1cccc(Cl)c1Cl)C(=O)N[C@H]1CCCOc2ccc(F)cc21. The van der Waals surface area contributed by atoms with Gasteiger partial charge >= 0.3 is 0 Å². The van der Waals surface area contributed by atoms with Crippen LogP contribution in [0.2, 0.25) is 10.0 Å². The third-order valence-electron chi connectivity index (χ3n) is 4.50. The molecule has 0 radical (unpaired) electrons. The van der Waals surface area contributed by atoms with Crippen molar-refractivity contribution in [3.8, 4) is 5.75 Å². The molecule has 2 amide bonds. The van der Waals surface area contributed by atoms with Gasteiger partial charge in [-0.2, -0.15) is 0 Å². The molecule has 2 aromatic rings. The average molecular weight is 425 g/mol. The van der Waals surface area contributed by atoms with Crippen molar-refractivity contribution in [2.24, 2.45) is 0 Å². The zero-order valence-corrected chi connectivity index (χ0v) is 16.6. The highest BCUT2D eigenvalue weighted by Gasteiger charge is 2.25. The first-order chi connectivity index (χ1) is 13.4. The Morgan fingerprint density at radius 2 is 2.04 bits per heavy atom. The summed E-state index contributed by atoms with van der Waals surface area (Å²) in [4.78, 5) is 25.0. The third kappa shape index (κ3) is 4.56. The number of nitrogens with one attached hydrogen (secondary N) is 2. The van der Waals surface area contributed by atoms with E-state index in [1.54, 1.807) is 25.1 Å². The number of benzene rings is 2. The lowest BCUT2D eigenvalue weighted by Gasteiger charge is -2.21. The summed E-state index contributed by atoms with van der Waals surface area (Å²) in [6, 6.07) is 7.70. The molecule has 2 atom stereocenters. The predicted octanol–water partition coefficient (Wildman–Crippen LogP) is 4.28. The Kier molecular flexibility index (Phi) is 6.42. The number of ether oxygens (including phenoxy) is 1. The van der Waals surface area contributed by atoms with E-state index in [1.165, 1.54) is 18.2 Å². The van der Waals surface area contributed by atoms with Gasteiger partial charge in [0.05, 0.1) is 28.3 Å². The Bertz CT molecular complexity index is 907. The molecule has 0 saturated carbocycles. The summed E-state index contributed by atoms with van der Waals surface area (Å²) >= 11 is 12.0. The second kappa shape index (κ2) is 8.80. The summed E-state index contributed by atoms with van der Waals surface area (Å²) in [5.41, 5.74) is 0.770. The molecule has 0 aliphatic carbocycles. The second-order valence-electron chi connectivity index (χ2n) is 6.53. The van der Waals surface area contributed by atoms with Crippen LogP contribution in [-0.4, -0.2) is 24.5 Å². The lowest BCUT2D eigenvalue weighted by molar-refractivity contribution is -0.123. The van der Waals surface area contributed by atoms with Gasteiger partial charge in [0.2, 0.25) is 5.91 Å². The number of amides is 2. The Labute approximate surface area is 172 Å². The van der Waals surface area contributed by atoms with Crippen LogP contribution in [0.25, 0.3) is 0 Å². The molecule has 0 spiro atoms. The summed E-state index contributed by atoms with van der Waals surface area (Å²) < 4.78 is 19.3. The molecule has 0 fully saturated rings. The van der Waals surface area contributed by atoms with Gasteiger partial charge in [0.15, 0.2) is 0 Å². The molecule has 2 aromatic carbocycles.